The van der Waals surface area contributed by atoms with Crippen LogP contribution in [0.15, 0.2) is 12.1 Å². The van der Waals surface area contributed by atoms with Crippen LogP contribution in [0, 0.1) is 27.7 Å². The Morgan fingerprint density at radius 2 is 1.67 bits per heavy atom. The average molecular weight is 243 g/mol. The third kappa shape index (κ3) is 1.95. The van der Waals surface area contributed by atoms with Crippen LogP contribution in [-0.4, -0.2) is 9.78 Å². The van der Waals surface area contributed by atoms with E-state index in [1.54, 1.807) is 0 Å². The van der Waals surface area contributed by atoms with Crippen molar-refractivity contribution in [2.24, 2.45) is 12.8 Å². The molecule has 1 aromatic carbocycles. The summed E-state index contributed by atoms with van der Waals surface area (Å²) >= 11 is 0. The lowest BCUT2D eigenvalue weighted by molar-refractivity contribution is 0.712. The van der Waals surface area contributed by atoms with Gasteiger partial charge in [-0.2, -0.15) is 5.10 Å². The highest BCUT2D eigenvalue weighted by Gasteiger charge is 2.16. The standard InChI is InChI=1S/C15H21N3/c1-9-6-10(2)14(11(3)7-9)15-12(4)13(8-16)18(5)17-15/h6-7H,8,16H2,1-5H3. The average Bonchev–Trinajstić information content (AvgIpc) is 2.53. The van der Waals surface area contributed by atoms with Gasteiger partial charge in [-0.1, -0.05) is 17.7 Å². The molecule has 0 aliphatic heterocycles. The SMILES string of the molecule is Cc1cc(C)c(-c2nn(C)c(CN)c2C)c(C)c1. The van der Waals surface area contributed by atoms with Crippen LogP contribution in [0.1, 0.15) is 27.9 Å². The molecule has 0 saturated heterocycles. The second kappa shape index (κ2) is 4.58. The number of hydrogen-bond donors (Lipinski definition) is 1. The molecule has 2 aromatic rings. The molecule has 18 heavy (non-hydrogen) atoms. The maximum absolute atomic E-state index is 5.78. The number of aryl methyl sites for hydroxylation is 4. The molecular weight excluding hydrogens is 222 g/mol. The maximum Gasteiger partial charge on any atom is 0.0960 e. The minimum Gasteiger partial charge on any atom is -0.325 e. The van der Waals surface area contributed by atoms with Gasteiger partial charge in [0.15, 0.2) is 0 Å². The first-order valence-corrected chi connectivity index (χ1v) is 6.26. The van der Waals surface area contributed by atoms with Crippen molar-refractivity contribution in [3.8, 4) is 11.3 Å². The van der Waals surface area contributed by atoms with Crippen molar-refractivity contribution >= 4 is 0 Å². The van der Waals surface area contributed by atoms with E-state index >= 15 is 0 Å². The van der Waals surface area contributed by atoms with E-state index in [0.717, 1.165) is 11.4 Å². The molecule has 2 N–H and O–H groups in total. The molecule has 0 amide bonds. The molecule has 0 bridgehead atoms. The zero-order valence-corrected chi connectivity index (χ0v) is 11.8. The highest BCUT2D eigenvalue weighted by molar-refractivity contribution is 5.71. The fourth-order valence-electron chi connectivity index (χ4n) is 2.74. The highest BCUT2D eigenvalue weighted by atomic mass is 15.3. The van der Waals surface area contributed by atoms with E-state index in [4.69, 9.17) is 5.73 Å². The van der Waals surface area contributed by atoms with Crippen molar-refractivity contribution in [1.29, 1.82) is 0 Å². The second-order valence-electron chi connectivity index (χ2n) is 5.02. The van der Waals surface area contributed by atoms with Gasteiger partial charge in [0.25, 0.3) is 0 Å². The summed E-state index contributed by atoms with van der Waals surface area (Å²) in [6.45, 7) is 9.04. The van der Waals surface area contributed by atoms with Crippen LogP contribution in [-0.2, 0) is 13.6 Å². The molecule has 1 aromatic heterocycles. The van der Waals surface area contributed by atoms with E-state index in [1.165, 1.54) is 27.8 Å². The van der Waals surface area contributed by atoms with Crippen molar-refractivity contribution in [1.82, 2.24) is 9.78 Å². The monoisotopic (exact) mass is 243 g/mol. The van der Waals surface area contributed by atoms with Crippen molar-refractivity contribution < 1.29 is 0 Å². The smallest absolute Gasteiger partial charge is 0.0960 e. The number of aromatic nitrogens is 2. The first-order valence-electron chi connectivity index (χ1n) is 6.26. The predicted molar refractivity (Wildman–Crippen MR) is 75.5 cm³/mol. The van der Waals surface area contributed by atoms with Crippen LogP contribution >= 0.6 is 0 Å². The summed E-state index contributed by atoms with van der Waals surface area (Å²) in [6, 6.07) is 4.41. The van der Waals surface area contributed by atoms with Crippen molar-refractivity contribution in [3.05, 3.63) is 40.1 Å². The molecule has 0 aliphatic rings. The summed E-state index contributed by atoms with van der Waals surface area (Å²) in [5.74, 6) is 0. The molecule has 96 valence electrons. The van der Waals surface area contributed by atoms with E-state index in [-0.39, 0.29) is 0 Å². The van der Waals surface area contributed by atoms with E-state index in [1.807, 2.05) is 11.7 Å². The van der Waals surface area contributed by atoms with Gasteiger partial charge in [-0.15, -0.1) is 0 Å². The van der Waals surface area contributed by atoms with Crippen LogP contribution < -0.4 is 5.73 Å². The summed E-state index contributed by atoms with van der Waals surface area (Å²) in [6.07, 6.45) is 0. The van der Waals surface area contributed by atoms with Crippen LogP contribution in [0.25, 0.3) is 11.3 Å². The molecule has 0 atom stereocenters. The van der Waals surface area contributed by atoms with Crippen LogP contribution in [0.5, 0.6) is 0 Å². The lowest BCUT2D eigenvalue weighted by Crippen LogP contribution is -2.05. The third-order valence-corrected chi connectivity index (χ3v) is 3.54. The molecule has 0 spiro atoms. The van der Waals surface area contributed by atoms with Gasteiger partial charge in [0.1, 0.15) is 0 Å². The van der Waals surface area contributed by atoms with Crippen molar-refractivity contribution in [2.75, 3.05) is 0 Å². The number of nitrogens with two attached hydrogens (primary N) is 1. The van der Waals surface area contributed by atoms with Crippen LogP contribution in [0.3, 0.4) is 0 Å². The van der Waals surface area contributed by atoms with Crippen LogP contribution in [0.2, 0.25) is 0 Å². The zero-order chi connectivity index (χ0) is 13.4. The van der Waals surface area contributed by atoms with E-state index in [0.29, 0.717) is 6.54 Å². The molecule has 3 heteroatoms. The molecule has 1 heterocycles. The number of rotatable bonds is 2. The summed E-state index contributed by atoms with van der Waals surface area (Å²) in [7, 11) is 1.96. The molecule has 0 saturated carbocycles. The minimum atomic E-state index is 0.527. The van der Waals surface area contributed by atoms with E-state index in [2.05, 4.69) is 44.9 Å². The lowest BCUT2D eigenvalue weighted by atomic mass is 9.95. The van der Waals surface area contributed by atoms with Gasteiger partial charge < -0.3 is 5.73 Å². The Labute approximate surface area is 109 Å². The Bertz CT molecular complexity index is 571. The summed E-state index contributed by atoms with van der Waals surface area (Å²) < 4.78 is 1.89. The van der Waals surface area contributed by atoms with Gasteiger partial charge in [-0.25, -0.2) is 0 Å². The molecule has 0 fully saturated rings. The minimum absolute atomic E-state index is 0.527. The fourth-order valence-corrected chi connectivity index (χ4v) is 2.74. The van der Waals surface area contributed by atoms with Crippen molar-refractivity contribution in [3.63, 3.8) is 0 Å². The largest absolute Gasteiger partial charge is 0.325 e. The Morgan fingerprint density at radius 3 is 2.11 bits per heavy atom. The Hall–Kier alpha value is -1.61. The molecule has 0 aliphatic carbocycles. The molecular formula is C15H21N3. The third-order valence-electron chi connectivity index (χ3n) is 3.54. The van der Waals surface area contributed by atoms with Gasteiger partial charge >= 0.3 is 0 Å². The summed E-state index contributed by atoms with van der Waals surface area (Å²) in [5, 5.41) is 4.64. The van der Waals surface area contributed by atoms with Gasteiger partial charge in [-0.3, -0.25) is 4.68 Å². The number of benzene rings is 1. The first-order chi connectivity index (χ1) is 8.45. The van der Waals surface area contributed by atoms with Crippen molar-refractivity contribution in [2.45, 2.75) is 34.2 Å². The molecule has 0 unspecified atom stereocenters. The maximum atomic E-state index is 5.78. The second-order valence-corrected chi connectivity index (χ2v) is 5.02. The normalized spacial score (nSPS) is 11.0. The Balaban J connectivity index is 2.70. The molecule has 2 rings (SSSR count). The van der Waals surface area contributed by atoms with E-state index in [9.17, 15) is 0 Å². The topological polar surface area (TPSA) is 43.8 Å². The van der Waals surface area contributed by atoms with Gasteiger partial charge in [0.05, 0.1) is 11.4 Å². The zero-order valence-electron chi connectivity index (χ0n) is 11.8. The first kappa shape index (κ1) is 12.8. The molecule has 3 nitrogen and oxygen atoms in total. The number of nitrogens with zero attached hydrogens (tertiary/aromatic N) is 2. The number of hydrogen-bond acceptors (Lipinski definition) is 2. The Morgan fingerprint density at radius 1 is 1.11 bits per heavy atom. The summed E-state index contributed by atoms with van der Waals surface area (Å²) in [4.78, 5) is 0. The van der Waals surface area contributed by atoms with E-state index < -0.39 is 0 Å². The quantitative estimate of drug-likeness (QED) is 0.881. The predicted octanol–water partition coefficient (Wildman–Crippen LogP) is 2.78. The molecule has 0 radical (unpaired) electrons. The van der Waals surface area contributed by atoms with Gasteiger partial charge in [0.2, 0.25) is 0 Å². The van der Waals surface area contributed by atoms with Crippen LogP contribution in [0.4, 0.5) is 0 Å². The summed E-state index contributed by atoms with van der Waals surface area (Å²) in [5.41, 5.74) is 14.2. The lowest BCUT2D eigenvalue weighted by Gasteiger charge is -2.10. The fraction of sp³-hybridized carbons (Fsp3) is 0.400. The van der Waals surface area contributed by atoms with Gasteiger partial charge in [0, 0.05) is 19.2 Å². The van der Waals surface area contributed by atoms with Gasteiger partial charge in [-0.05, 0) is 44.4 Å². The Kier molecular flexibility index (Phi) is 3.26. The highest BCUT2D eigenvalue weighted by Crippen LogP contribution is 2.30.